The SMILES string of the molecule is OC(CNC1CCCC1C1COCCN1)(c1ccccc1)C(F)(F)F. The van der Waals surface area contributed by atoms with Crippen LogP contribution in [0.3, 0.4) is 0 Å². The van der Waals surface area contributed by atoms with Crippen molar-refractivity contribution >= 4 is 0 Å². The first-order valence-electron chi connectivity index (χ1n) is 8.81. The zero-order valence-electron chi connectivity index (χ0n) is 14.1. The van der Waals surface area contributed by atoms with Crippen molar-refractivity contribution in [1.29, 1.82) is 0 Å². The Balaban J connectivity index is 1.70. The Kier molecular flexibility index (Phi) is 5.68. The Hall–Kier alpha value is -1.15. The van der Waals surface area contributed by atoms with E-state index in [4.69, 9.17) is 4.74 Å². The van der Waals surface area contributed by atoms with Crippen LogP contribution >= 0.6 is 0 Å². The minimum atomic E-state index is -4.75. The van der Waals surface area contributed by atoms with Crippen LogP contribution in [0.15, 0.2) is 30.3 Å². The zero-order valence-corrected chi connectivity index (χ0v) is 14.1. The van der Waals surface area contributed by atoms with Gasteiger partial charge in [0.25, 0.3) is 0 Å². The lowest BCUT2D eigenvalue weighted by Crippen LogP contribution is -2.55. The maximum atomic E-state index is 13.6. The van der Waals surface area contributed by atoms with Crippen LogP contribution in [0.5, 0.6) is 0 Å². The molecule has 1 saturated heterocycles. The molecule has 140 valence electrons. The molecule has 1 heterocycles. The van der Waals surface area contributed by atoms with E-state index in [2.05, 4.69) is 10.6 Å². The summed E-state index contributed by atoms with van der Waals surface area (Å²) in [5, 5.41) is 16.9. The van der Waals surface area contributed by atoms with Gasteiger partial charge in [-0.2, -0.15) is 13.2 Å². The van der Waals surface area contributed by atoms with Crippen LogP contribution in [0.1, 0.15) is 24.8 Å². The minimum Gasteiger partial charge on any atom is -0.379 e. The quantitative estimate of drug-likeness (QED) is 0.755. The summed E-state index contributed by atoms with van der Waals surface area (Å²) in [7, 11) is 0. The van der Waals surface area contributed by atoms with Crippen LogP contribution in [-0.2, 0) is 10.3 Å². The van der Waals surface area contributed by atoms with E-state index in [0.29, 0.717) is 13.2 Å². The summed E-state index contributed by atoms with van der Waals surface area (Å²) in [5.74, 6) is 0.216. The van der Waals surface area contributed by atoms with Gasteiger partial charge < -0.3 is 20.5 Å². The molecule has 2 fully saturated rings. The number of nitrogens with one attached hydrogen (secondary N) is 2. The Bertz CT molecular complexity index is 549. The first-order chi connectivity index (χ1) is 11.9. The average Bonchev–Trinajstić information content (AvgIpc) is 3.09. The topological polar surface area (TPSA) is 53.5 Å². The van der Waals surface area contributed by atoms with Crippen LogP contribution in [-0.4, -0.2) is 49.7 Å². The van der Waals surface area contributed by atoms with Gasteiger partial charge in [-0.25, -0.2) is 0 Å². The number of ether oxygens (including phenoxy) is 1. The molecule has 2 aliphatic rings. The molecule has 0 radical (unpaired) electrons. The van der Waals surface area contributed by atoms with Crippen molar-refractivity contribution in [3.8, 4) is 0 Å². The number of morpholine rings is 1. The Morgan fingerprint density at radius 3 is 2.60 bits per heavy atom. The number of rotatable bonds is 5. The highest BCUT2D eigenvalue weighted by Gasteiger charge is 2.55. The van der Waals surface area contributed by atoms with Gasteiger partial charge in [0.1, 0.15) is 0 Å². The number of aliphatic hydroxyl groups is 1. The molecule has 3 rings (SSSR count). The molecule has 1 saturated carbocycles. The maximum Gasteiger partial charge on any atom is 0.422 e. The van der Waals surface area contributed by atoms with E-state index < -0.39 is 18.3 Å². The zero-order chi connectivity index (χ0) is 17.9. The molecule has 3 N–H and O–H groups in total. The highest BCUT2D eigenvalue weighted by atomic mass is 19.4. The van der Waals surface area contributed by atoms with Gasteiger partial charge in [0.15, 0.2) is 5.60 Å². The van der Waals surface area contributed by atoms with Gasteiger partial charge in [-0.1, -0.05) is 36.8 Å². The second kappa shape index (κ2) is 7.61. The Labute approximate surface area is 145 Å². The molecular weight excluding hydrogens is 333 g/mol. The number of hydrogen-bond donors (Lipinski definition) is 3. The van der Waals surface area contributed by atoms with Crippen LogP contribution in [0.4, 0.5) is 13.2 Å². The van der Waals surface area contributed by atoms with Crippen molar-refractivity contribution in [3.63, 3.8) is 0 Å². The van der Waals surface area contributed by atoms with Gasteiger partial charge in [0, 0.05) is 25.2 Å². The molecule has 0 aromatic heterocycles. The summed E-state index contributed by atoms with van der Waals surface area (Å²) in [6.45, 7) is 1.48. The average molecular weight is 358 g/mol. The van der Waals surface area contributed by atoms with Crippen LogP contribution in [0, 0.1) is 5.92 Å². The first-order valence-corrected chi connectivity index (χ1v) is 8.81. The van der Waals surface area contributed by atoms with Gasteiger partial charge in [-0.3, -0.25) is 0 Å². The molecule has 1 aromatic rings. The van der Waals surface area contributed by atoms with E-state index in [-0.39, 0.29) is 23.6 Å². The molecule has 1 aliphatic carbocycles. The smallest absolute Gasteiger partial charge is 0.379 e. The van der Waals surface area contributed by atoms with Gasteiger partial charge in [-0.05, 0) is 24.3 Å². The van der Waals surface area contributed by atoms with Gasteiger partial charge >= 0.3 is 6.18 Å². The molecule has 25 heavy (non-hydrogen) atoms. The van der Waals surface area contributed by atoms with Gasteiger partial charge in [0.05, 0.1) is 13.2 Å². The van der Waals surface area contributed by atoms with E-state index in [9.17, 15) is 18.3 Å². The second-order valence-electron chi connectivity index (χ2n) is 6.94. The number of benzene rings is 1. The molecule has 4 unspecified atom stereocenters. The van der Waals surface area contributed by atoms with Crippen LogP contribution in [0.25, 0.3) is 0 Å². The van der Waals surface area contributed by atoms with Gasteiger partial charge in [-0.15, -0.1) is 0 Å². The third-order valence-corrected chi connectivity index (χ3v) is 5.38. The molecule has 0 bridgehead atoms. The van der Waals surface area contributed by atoms with Crippen molar-refractivity contribution in [2.24, 2.45) is 5.92 Å². The summed E-state index contributed by atoms with van der Waals surface area (Å²) >= 11 is 0. The summed E-state index contributed by atoms with van der Waals surface area (Å²) in [6, 6.07) is 7.38. The monoisotopic (exact) mass is 358 g/mol. The van der Waals surface area contributed by atoms with E-state index in [0.717, 1.165) is 25.8 Å². The summed E-state index contributed by atoms with van der Waals surface area (Å²) in [6.07, 6.45) is -2.02. The van der Waals surface area contributed by atoms with Crippen molar-refractivity contribution in [1.82, 2.24) is 10.6 Å². The lowest BCUT2D eigenvalue weighted by atomic mass is 9.90. The van der Waals surface area contributed by atoms with Crippen LogP contribution in [0.2, 0.25) is 0 Å². The van der Waals surface area contributed by atoms with E-state index in [1.807, 2.05) is 0 Å². The molecule has 4 atom stereocenters. The highest BCUT2D eigenvalue weighted by Crippen LogP contribution is 2.39. The van der Waals surface area contributed by atoms with Gasteiger partial charge in [0.2, 0.25) is 0 Å². The Morgan fingerprint density at radius 1 is 1.20 bits per heavy atom. The Morgan fingerprint density at radius 2 is 1.96 bits per heavy atom. The predicted molar refractivity (Wildman–Crippen MR) is 88.1 cm³/mol. The normalized spacial score (nSPS) is 30.2. The third-order valence-electron chi connectivity index (χ3n) is 5.38. The van der Waals surface area contributed by atoms with Crippen LogP contribution < -0.4 is 10.6 Å². The lowest BCUT2D eigenvalue weighted by Gasteiger charge is -2.36. The molecule has 0 amide bonds. The number of alkyl halides is 3. The van der Waals surface area contributed by atoms with Crippen molar-refractivity contribution < 1.29 is 23.0 Å². The lowest BCUT2D eigenvalue weighted by molar-refractivity contribution is -0.265. The van der Waals surface area contributed by atoms with E-state index >= 15 is 0 Å². The second-order valence-corrected chi connectivity index (χ2v) is 6.94. The molecule has 0 spiro atoms. The number of hydrogen-bond acceptors (Lipinski definition) is 4. The summed E-state index contributed by atoms with van der Waals surface area (Å²) in [5.41, 5.74) is -3.03. The standard InChI is InChI=1S/C18H25F3N2O2/c19-18(20,21)17(24,13-5-2-1-3-6-13)12-23-15-8-4-7-14(15)16-11-25-10-9-22-16/h1-3,5-6,14-16,22-24H,4,7-12H2. The minimum absolute atomic E-state index is 0.0585. The molecular formula is C18H25F3N2O2. The maximum absolute atomic E-state index is 13.6. The summed E-state index contributed by atoms with van der Waals surface area (Å²) < 4.78 is 46.3. The van der Waals surface area contributed by atoms with Crippen molar-refractivity contribution in [2.45, 2.75) is 43.1 Å². The number of halogens is 3. The first kappa shape index (κ1) is 18.6. The van der Waals surface area contributed by atoms with E-state index in [1.165, 1.54) is 24.3 Å². The van der Waals surface area contributed by atoms with Crippen molar-refractivity contribution in [3.05, 3.63) is 35.9 Å². The third kappa shape index (κ3) is 4.00. The fraction of sp³-hybridized carbons (Fsp3) is 0.667. The van der Waals surface area contributed by atoms with Crippen molar-refractivity contribution in [2.75, 3.05) is 26.3 Å². The largest absolute Gasteiger partial charge is 0.422 e. The fourth-order valence-electron chi connectivity index (χ4n) is 3.94. The molecule has 1 aromatic carbocycles. The predicted octanol–water partition coefficient (Wildman–Crippen LogP) is 2.18. The summed E-state index contributed by atoms with van der Waals surface area (Å²) in [4.78, 5) is 0. The molecule has 4 nitrogen and oxygen atoms in total. The molecule has 1 aliphatic heterocycles. The fourth-order valence-corrected chi connectivity index (χ4v) is 3.94. The highest BCUT2D eigenvalue weighted by molar-refractivity contribution is 5.25. The molecule has 7 heteroatoms. The van der Waals surface area contributed by atoms with E-state index in [1.54, 1.807) is 6.07 Å².